The van der Waals surface area contributed by atoms with E-state index in [0.29, 0.717) is 24.2 Å². The third kappa shape index (κ3) is 5.30. The maximum Gasteiger partial charge on any atom is 0.407 e. The van der Waals surface area contributed by atoms with E-state index in [2.05, 4.69) is 10.6 Å². The first-order valence-corrected chi connectivity index (χ1v) is 9.50. The molecule has 0 radical (unpaired) electrons. The number of carbonyl (C=O) groups excluding carboxylic acids is 1. The second-order valence-corrected chi connectivity index (χ2v) is 7.34. The van der Waals surface area contributed by atoms with Gasteiger partial charge < -0.3 is 10.1 Å². The summed E-state index contributed by atoms with van der Waals surface area (Å²) < 4.78 is 46.6. The fourth-order valence-corrected chi connectivity index (χ4v) is 3.16. The minimum Gasteiger partial charge on any atom is -0.497 e. The molecule has 1 aliphatic rings. The van der Waals surface area contributed by atoms with Crippen molar-refractivity contribution in [1.82, 2.24) is 10.6 Å². The third-order valence-electron chi connectivity index (χ3n) is 5.07. The van der Waals surface area contributed by atoms with Crippen LogP contribution in [0.5, 0.6) is 5.75 Å². The van der Waals surface area contributed by atoms with Gasteiger partial charge in [-0.25, -0.2) is 0 Å². The summed E-state index contributed by atoms with van der Waals surface area (Å²) in [7, 11) is 1.51. The van der Waals surface area contributed by atoms with Gasteiger partial charge in [0.25, 0.3) is 0 Å². The molecule has 0 heterocycles. The lowest BCUT2D eigenvalue weighted by Crippen LogP contribution is -2.52. The zero-order valence-corrected chi connectivity index (χ0v) is 16.4. The number of alkyl halides is 3. The molecule has 0 unspecified atom stereocenters. The van der Waals surface area contributed by atoms with Crippen molar-refractivity contribution in [2.45, 2.75) is 43.1 Å². The van der Waals surface area contributed by atoms with Crippen LogP contribution in [0.15, 0.2) is 54.6 Å². The lowest BCUT2D eigenvalue weighted by atomic mass is 10.0. The van der Waals surface area contributed by atoms with Gasteiger partial charge in [-0.05, 0) is 42.5 Å². The van der Waals surface area contributed by atoms with Crippen LogP contribution in [0.25, 0.3) is 0 Å². The van der Waals surface area contributed by atoms with Crippen molar-refractivity contribution in [2.24, 2.45) is 0 Å². The highest BCUT2D eigenvalue weighted by Gasteiger charge is 2.47. The standard InChI is InChI=1S/C22H22F3N3O2/c1-30-17-9-7-15(8-10-17)13-18(20(29)28-21(14-26)11-12-21)27-19(22(23,24)25)16-5-3-2-4-6-16/h2-10,18-19,27H,11-13H2,1H3,(H,28,29)/t18-,19+/m0/s1. The maximum absolute atomic E-state index is 13.8. The summed E-state index contributed by atoms with van der Waals surface area (Å²) in [6.07, 6.45) is -3.60. The number of carbonyl (C=O) groups is 1. The van der Waals surface area contributed by atoms with E-state index in [-0.39, 0.29) is 12.0 Å². The Hall–Kier alpha value is -3.05. The minimum absolute atomic E-state index is 0.0129. The molecule has 2 aromatic rings. The molecule has 3 rings (SSSR count). The summed E-state index contributed by atoms with van der Waals surface area (Å²) in [5.41, 5.74) is -0.296. The molecular weight excluding hydrogens is 395 g/mol. The number of nitrogens with zero attached hydrogens (tertiary/aromatic N) is 1. The molecule has 158 valence electrons. The van der Waals surface area contributed by atoms with Gasteiger partial charge in [0.1, 0.15) is 17.3 Å². The summed E-state index contributed by atoms with van der Waals surface area (Å²) in [5.74, 6) is -0.0263. The second-order valence-electron chi connectivity index (χ2n) is 7.34. The Kier molecular flexibility index (Phi) is 6.32. The summed E-state index contributed by atoms with van der Waals surface area (Å²) in [5, 5.41) is 14.3. The van der Waals surface area contributed by atoms with Crippen LogP contribution < -0.4 is 15.4 Å². The number of rotatable bonds is 8. The molecule has 0 spiro atoms. The number of methoxy groups -OCH3 is 1. The number of halogens is 3. The smallest absolute Gasteiger partial charge is 0.407 e. The Morgan fingerprint density at radius 2 is 1.80 bits per heavy atom. The van der Waals surface area contributed by atoms with E-state index >= 15 is 0 Å². The highest BCUT2D eigenvalue weighted by atomic mass is 19.4. The zero-order valence-electron chi connectivity index (χ0n) is 16.4. The van der Waals surface area contributed by atoms with Crippen LogP contribution >= 0.6 is 0 Å². The van der Waals surface area contributed by atoms with E-state index in [4.69, 9.17) is 4.74 Å². The van der Waals surface area contributed by atoms with Crippen molar-refractivity contribution in [3.63, 3.8) is 0 Å². The van der Waals surface area contributed by atoms with Crippen molar-refractivity contribution >= 4 is 5.91 Å². The van der Waals surface area contributed by atoms with Crippen molar-refractivity contribution in [1.29, 1.82) is 5.26 Å². The topological polar surface area (TPSA) is 74.2 Å². The molecule has 0 aliphatic heterocycles. The summed E-state index contributed by atoms with van der Waals surface area (Å²) in [6, 6.07) is 13.0. The molecule has 2 aromatic carbocycles. The van der Waals surface area contributed by atoms with Crippen LogP contribution in [-0.2, 0) is 11.2 Å². The lowest BCUT2D eigenvalue weighted by molar-refractivity contribution is -0.160. The number of hydrogen-bond acceptors (Lipinski definition) is 4. The van der Waals surface area contributed by atoms with E-state index in [0.717, 1.165) is 0 Å². The quantitative estimate of drug-likeness (QED) is 0.687. The van der Waals surface area contributed by atoms with Crippen LogP contribution in [0.3, 0.4) is 0 Å². The van der Waals surface area contributed by atoms with Crippen LogP contribution in [0.2, 0.25) is 0 Å². The molecule has 1 amide bonds. The molecule has 0 saturated heterocycles. The number of amides is 1. The molecule has 0 aromatic heterocycles. The van der Waals surface area contributed by atoms with Crippen LogP contribution in [0.4, 0.5) is 13.2 Å². The molecule has 0 bridgehead atoms. The predicted octanol–water partition coefficient (Wildman–Crippen LogP) is 3.67. The number of benzene rings is 2. The van der Waals surface area contributed by atoms with Gasteiger partial charge in [-0.3, -0.25) is 10.1 Å². The highest BCUT2D eigenvalue weighted by Crippen LogP contribution is 2.35. The minimum atomic E-state index is -4.60. The van der Waals surface area contributed by atoms with Gasteiger partial charge in [-0.15, -0.1) is 0 Å². The van der Waals surface area contributed by atoms with Gasteiger partial charge in [0.15, 0.2) is 0 Å². The summed E-state index contributed by atoms with van der Waals surface area (Å²) in [4.78, 5) is 12.9. The van der Waals surface area contributed by atoms with E-state index < -0.39 is 29.7 Å². The molecular formula is C22H22F3N3O2. The van der Waals surface area contributed by atoms with E-state index in [9.17, 15) is 23.2 Å². The zero-order chi connectivity index (χ0) is 21.8. The third-order valence-corrected chi connectivity index (χ3v) is 5.07. The maximum atomic E-state index is 13.8. The lowest BCUT2D eigenvalue weighted by Gasteiger charge is -2.28. The number of nitrogens with one attached hydrogen (secondary N) is 2. The molecule has 1 fully saturated rings. The van der Waals surface area contributed by atoms with E-state index in [1.54, 1.807) is 30.3 Å². The average molecular weight is 417 g/mol. The van der Waals surface area contributed by atoms with Crippen LogP contribution in [0.1, 0.15) is 30.0 Å². The first-order chi connectivity index (χ1) is 14.3. The Bertz CT molecular complexity index is 904. The van der Waals surface area contributed by atoms with Gasteiger partial charge in [-0.2, -0.15) is 18.4 Å². The second kappa shape index (κ2) is 8.76. The molecule has 8 heteroatoms. The Morgan fingerprint density at radius 3 is 2.30 bits per heavy atom. The fourth-order valence-electron chi connectivity index (χ4n) is 3.16. The average Bonchev–Trinajstić information content (AvgIpc) is 3.51. The Morgan fingerprint density at radius 1 is 1.17 bits per heavy atom. The van der Waals surface area contributed by atoms with Gasteiger partial charge >= 0.3 is 6.18 Å². The Balaban J connectivity index is 1.86. The summed E-state index contributed by atoms with van der Waals surface area (Å²) >= 11 is 0. The van der Waals surface area contributed by atoms with E-state index in [1.807, 2.05) is 6.07 Å². The molecule has 2 N–H and O–H groups in total. The largest absolute Gasteiger partial charge is 0.497 e. The number of ether oxygens (including phenoxy) is 1. The predicted molar refractivity (Wildman–Crippen MR) is 105 cm³/mol. The van der Waals surface area contributed by atoms with Crippen LogP contribution in [0, 0.1) is 11.3 Å². The SMILES string of the molecule is COc1ccc(C[C@H](N[C@H](c2ccccc2)C(F)(F)F)C(=O)NC2(C#N)CC2)cc1. The first-order valence-electron chi connectivity index (χ1n) is 9.50. The van der Waals surface area contributed by atoms with Crippen LogP contribution in [-0.4, -0.2) is 30.8 Å². The monoisotopic (exact) mass is 417 g/mol. The Labute approximate surface area is 172 Å². The number of hydrogen-bond donors (Lipinski definition) is 2. The molecule has 30 heavy (non-hydrogen) atoms. The van der Waals surface area contributed by atoms with Crippen molar-refractivity contribution < 1.29 is 22.7 Å². The van der Waals surface area contributed by atoms with Gasteiger partial charge in [0, 0.05) is 0 Å². The molecule has 5 nitrogen and oxygen atoms in total. The number of nitriles is 1. The summed E-state index contributed by atoms with van der Waals surface area (Å²) in [6.45, 7) is 0. The first kappa shape index (κ1) is 21.7. The van der Waals surface area contributed by atoms with Gasteiger partial charge in [-0.1, -0.05) is 42.5 Å². The van der Waals surface area contributed by atoms with Crippen molar-refractivity contribution in [3.05, 3.63) is 65.7 Å². The van der Waals surface area contributed by atoms with Crippen molar-refractivity contribution in [3.8, 4) is 11.8 Å². The van der Waals surface area contributed by atoms with E-state index in [1.165, 1.54) is 31.4 Å². The van der Waals surface area contributed by atoms with Gasteiger partial charge in [0.05, 0.1) is 19.2 Å². The molecule has 1 saturated carbocycles. The highest BCUT2D eigenvalue weighted by molar-refractivity contribution is 5.83. The normalized spacial score (nSPS) is 16.8. The fraction of sp³-hybridized carbons (Fsp3) is 0.364. The van der Waals surface area contributed by atoms with Gasteiger partial charge in [0.2, 0.25) is 5.91 Å². The van der Waals surface area contributed by atoms with Crippen molar-refractivity contribution in [2.75, 3.05) is 7.11 Å². The molecule has 1 aliphatic carbocycles. The molecule has 2 atom stereocenters.